The number of likely N-dealkylation sites (tertiary alicyclic amines) is 1. The van der Waals surface area contributed by atoms with Gasteiger partial charge in [0.2, 0.25) is 5.91 Å². The predicted octanol–water partition coefficient (Wildman–Crippen LogP) is 0.265. The summed E-state index contributed by atoms with van der Waals surface area (Å²) in [6, 6.07) is 0.362. The number of carbonyl (C=O) groups excluding carboxylic acids is 1. The molecule has 1 heterocycles. The van der Waals surface area contributed by atoms with Crippen molar-refractivity contribution in [3.05, 3.63) is 0 Å². The molecule has 0 radical (unpaired) electrons. The van der Waals surface area contributed by atoms with Gasteiger partial charge in [-0.15, -0.1) is 0 Å². The van der Waals surface area contributed by atoms with Gasteiger partial charge in [-0.2, -0.15) is 0 Å². The largest absolute Gasteiger partial charge is 0.465 e. The van der Waals surface area contributed by atoms with Crippen LogP contribution in [-0.2, 0) is 4.79 Å². The predicted molar refractivity (Wildman–Crippen MR) is 48.9 cm³/mol. The molecule has 2 aliphatic rings. The molecule has 2 rings (SSSR count). The Kier molecular flexibility index (Phi) is 2.31. The fourth-order valence-corrected chi connectivity index (χ4v) is 1.69. The first-order valence-corrected chi connectivity index (χ1v) is 4.95. The van der Waals surface area contributed by atoms with E-state index in [0.29, 0.717) is 25.6 Å². The lowest BCUT2D eigenvalue weighted by atomic mass is 10.1. The van der Waals surface area contributed by atoms with E-state index in [9.17, 15) is 9.59 Å². The quantitative estimate of drug-likeness (QED) is 0.669. The fourth-order valence-electron chi connectivity index (χ4n) is 1.69. The van der Waals surface area contributed by atoms with Crippen molar-refractivity contribution in [2.45, 2.75) is 25.3 Å². The topological polar surface area (TPSA) is 69.6 Å². The second-order valence-electron chi connectivity index (χ2n) is 4.00. The van der Waals surface area contributed by atoms with Crippen molar-refractivity contribution >= 4 is 12.0 Å². The van der Waals surface area contributed by atoms with Crippen LogP contribution in [0.5, 0.6) is 0 Å². The van der Waals surface area contributed by atoms with Crippen LogP contribution >= 0.6 is 0 Å². The minimum absolute atomic E-state index is 0.0243. The molecule has 2 N–H and O–H groups in total. The number of hydrogen-bond acceptors (Lipinski definition) is 2. The maximum Gasteiger partial charge on any atom is 0.407 e. The highest BCUT2D eigenvalue weighted by Crippen LogP contribution is 2.22. The van der Waals surface area contributed by atoms with Crippen LogP contribution in [0.3, 0.4) is 0 Å². The van der Waals surface area contributed by atoms with Crippen molar-refractivity contribution in [2.75, 3.05) is 13.1 Å². The third-order valence-corrected chi connectivity index (χ3v) is 2.75. The molecule has 0 bridgehead atoms. The minimum Gasteiger partial charge on any atom is -0.465 e. The van der Waals surface area contributed by atoms with E-state index in [1.807, 2.05) is 0 Å². The molecule has 0 unspecified atom stereocenters. The highest BCUT2D eigenvalue weighted by atomic mass is 16.4. The standard InChI is InChI=1S/C9H14N2O3/c12-8(10-7-1-2-7)6-3-4-11(5-6)9(13)14/h6-7H,1-5H2,(H,10,12)(H,13,14)/t6-/m1/s1. The second-order valence-corrected chi connectivity index (χ2v) is 4.00. The molecule has 1 saturated carbocycles. The van der Waals surface area contributed by atoms with E-state index < -0.39 is 6.09 Å². The highest BCUT2D eigenvalue weighted by molar-refractivity contribution is 5.80. The van der Waals surface area contributed by atoms with E-state index >= 15 is 0 Å². The number of amides is 2. The van der Waals surface area contributed by atoms with Crippen molar-refractivity contribution in [2.24, 2.45) is 5.92 Å². The number of nitrogens with one attached hydrogen (secondary N) is 1. The summed E-state index contributed by atoms with van der Waals surface area (Å²) in [7, 11) is 0. The zero-order valence-electron chi connectivity index (χ0n) is 7.90. The molecular formula is C9H14N2O3. The van der Waals surface area contributed by atoms with Gasteiger partial charge in [-0.05, 0) is 19.3 Å². The summed E-state index contributed by atoms with van der Waals surface area (Å²) in [6.07, 6.45) is 1.87. The van der Waals surface area contributed by atoms with Gasteiger partial charge in [0.25, 0.3) is 0 Å². The van der Waals surface area contributed by atoms with Gasteiger partial charge < -0.3 is 15.3 Å². The van der Waals surface area contributed by atoms with Crippen molar-refractivity contribution < 1.29 is 14.7 Å². The lowest BCUT2D eigenvalue weighted by Gasteiger charge is -2.12. The van der Waals surface area contributed by atoms with Crippen molar-refractivity contribution in [3.63, 3.8) is 0 Å². The summed E-state index contributed by atoms with van der Waals surface area (Å²) in [6.45, 7) is 0.839. The van der Waals surface area contributed by atoms with Gasteiger partial charge in [-0.25, -0.2) is 4.79 Å². The molecule has 0 spiro atoms. The van der Waals surface area contributed by atoms with Gasteiger partial charge in [0.05, 0.1) is 5.92 Å². The van der Waals surface area contributed by atoms with Gasteiger partial charge in [-0.1, -0.05) is 0 Å². The number of carboxylic acid groups (broad SMARTS) is 1. The van der Waals surface area contributed by atoms with Crippen LogP contribution in [0.15, 0.2) is 0 Å². The average Bonchev–Trinajstić information content (AvgIpc) is 2.81. The Labute approximate surface area is 82.1 Å². The van der Waals surface area contributed by atoms with E-state index in [2.05, 4.69) is 5.32 Å². The first-order valence-electron chi connectivity index (χ1n) is 4.95. The lowest BCUT2D eigenvalue weighted by molar-refractivity contribution is -0.124. The Morgan fingerprint density at radius 3 is 2.50 bits per heavy atom. The normalized spacial score (nSPS) is 26.3. The van der Waals surface area contributed by atoms with Crippen LogP contribution < -0.4 is 5.32 Å². The first kappa shape index (κ1) is 9.30. The smallest absolute Gasteiger partial charge is 0.407 e. The van der Waals surface area contributed by atoms with Gasteiger partial charge in [0.1, 0.15) is 0 Å². The summed E-state index contributed by atoms with van der Waals surface area (Å²) in [5.74, 6) is -0.108. The Balaban J connectivity index is 1.81. The van der Waals surface area contributed by atoms with Gasteiger partial charge in [0.15, 0.2) is 0 Å². The van der Waals surface area contributed by atoms with Gasteiger partial charge in [-0.3, -0.25) is 4.79 Å². The number of hydrogen-bond donors (Lipinski definition) is 2. The zero-order chi connectivity index (χ0) is 10.1. The van der Waals surface area contributed by atoms with Gasteiger partial charge >= 0.3 is 6.09 Å². The summed E-state index contributed by atoms with van der Waals surface area (Å²) in [4.78, 5) is 23.4. The number of carbonyl (C=O) groups is 2. The lowest BCUT2D eigenvalue weighted by Crippen LogP contribution is -2.35. The van der Waals surface area contributed by atoms with E-state index in [1.165, 1.54) is 4.90 Å². The van der Waals surface area contributed by atoms with Gasteiger partial charge in [0, 0.05) is 19.1 Å². The van der Waals surface area contributed by atoms with E-state index in [0.717, 1.165) is 12.8 Å². The molecular weight excluding hydrogens is 184 g/mol. The van der Waals surface area contributed by atoms with Crippen LogP contribution in [-0.4, -0.2) is 41.1 Å². The van der Waals surface area contributed by atoms with Crippen LogP contribution in [0.4, 0.5) is 4.79 Å². The third kappa shape index (κ3) is 1.97. The van der Waals surface area contributed by atoms with E-state index in [4.69, 9.17) is 5.11 Å². The molecule has 0 aromatic carbocycles. The molecule has 2 amide bonds. The van der Waals surface area contributed by atoms with Crippen molar-refractivity contribution in [1.29, 1.82) is 0 Å². The third-order valence-electron chi connectivity index (χ3n) is 2.75. The SMILES string of the molecule is O=C(NC1CC1)[C@@H]1CCN(C(=O)O)C1. The molecule has 78 valence electrons. The van der Waals surface area contributed by atoms with Crippen LogP contribution in [0, 0.1) is 5.92 Å². The average molecular weight is 198 g/mol. The molecule has 5 nitrogen and oxygen atoms in total. The Bertz CT molecular complexity index is 263. The Morgan fingerprint density at radius 1 is 1.29 bits per heavy atom. The summed E-state index contributed by atoms with van der Waals surface area (Å²) in [5, 5.41) is 11.6. The molecule has 1 aliphatic heterocycles. The summed E-state index contributed by atoms with van der Waals surface area (Å²) >= 11 is 0. The Morgan fingerprint density at radius 2 is 2.00 bits per heavy atom. The van der Waals surface area contributed by atoms with Crippen molar-refractivity contribution in [1.82, 2.24) is 10.2 Å². The Hall–Kier alpha value is -1.26. The molecule has 1 atom stereocenters. The maximum atomic E-state index is 11.5. The molecule has 0 aromatic heterocycles. The molecule has 0 aromatic rings. The van der Waals surface area contributed by atoms with E-state index in [-0.39, 0.29) is 11.8 Å². The molecule has 14 heavy (non-hydrogen) atoms. The fraction of sp³-hybridized carbons (Fsp3) is 0.778. The van der Waals surface area contributed by atoms with Crippen LogP contribution in [0.25, 0.3) is 0 Å². The van der Waals surface area contributed by atoms with Crippen LogP contribution in [0.1, 0.15) is 19.3 Å². The molecule has 1 aliphatic carbocycles. The minimum atomic E-state index is -0.924. The number of nitrogens with zero attached hydrogens (tertiary/aromatic N) is 1. The molecule has 2 fully saturated rings. The highest BCUT2D eigenvalue weighted by Gasteiger charge is 2.33. The zero-order valence-corrected chi connectivity index (χ0v) is 7.90. The second kappa shape index (κ2) is 3.48. The van der Waals surface area contributed by atoms with Crippen molar-refractivity contribution in [3.8, 4) is 0 Å². The summed E-state index contributed by atoms with van der Waals surface area (Å²) in [5.41, 5.74) is 0. The van der Waals surface area contributed by atoms with Crippen LogP contribution in [0.2, 0.25) is 0 Å². The summed E-state index contributed by atoms with van der Waals surface area (Å²) < 4.78 is 0. The molecule has 1 saturated heterocycles. The molecule has 5 heteroatoms. The maximum absolute atomic E-state index is 11.5. The van der Waals surface area contributed by atoms with E-state index in [1.54, 1.807) is 0 Å². The number of rotatable bonds is 2. The monoisotopic (exact) mass is 198 g/mol. The first-order chi connectivity index (χ1) is 6.66.